The maximum atomic E-state index is 13.3. The van der Waals surface area contributed by atoms with Crippen LogP contribution >= 0.6 is 34.0 Å². The Bertz CT molecular complexity index is 2290. The first-order valence-electron chi connectivity index (χ1n) is 19.7. The highest BCUT2D eigenvalue weighted by atomic mass is 32.1. The Morgan fingerprint density at radius 2 is 0.688 bits per heavy atom. The molecule has 0 fully saturated rings. The summed E-state index contributed by atoms with van der Waals surface area (Å²) < 4.78 is 0. The number of nitrogens with one attached hydrogen (secondary N) is 3. The Kier molecular flexibility index (Phi) is 15.3. The Labute approximate surface area is 379 Å². The van der Waals surface area contributed by atoms with Crippen molar-refractivity contribution in [2.24, 2.45) is 17.2 Å². The van der Waals surface area contributed by atoms with Crippen LogP contribution in [0.15, 0.2) is 123 Å². The van der Waals surface area contributed by atoms with E-state index in [0.717, 1.165) is 0 Å². The molecule has 3 atom stereocenters. The van der Waals surface area contributed by atoms with Crippen molar-refractivity contribution in [1.82, 2.24) is 0 Å². The number of aliphatic hydroxyl groups excluding tert-OH is 3. The van der Waals surface area contributed by atoms with Crippen molar-refractivity contribution in [2.45, 2.75) is 41.8 Å². The summed E-state index contributed by atoms with van der Waals surface area (Å²) in [6, 6.07) is 25.3. The van der Waals surface area contributed by atoms with Gasteiger partial charge in [-0.3, -0.25) is 28.8 Å². The maximum absolute atomic E-state index is 13.3. The predicted molar refractivity (Wildman–Crippen MR) is 247 cm³/mol. The summed E-state index contributed by atoms with van der Waals surface area (Å²) in [6.07, 6.45) is -0.405. The fourth-order valence-electron chi connectivity index (χ4n) is 6.65. The van der Waals surface area contributed by atoms with Crippen molar-refractivity contribution in [3.8, 4) is 0 Å². The number of hydrogen-bond donors (Lipinski definition) is 9. The topological polar surface area (TPSA) is 277 Å². The second-order valence-electron chi connectivity index (χ2n) is 15.2. The van der Waals surface area contributed by atoms with E-state index in [9.17, 15) is 44.1 Å². The minimum absolute atomic E-state index is 0.135. The van der Waals surface area contributed by atoms with E-state index in [4.69, 9.17) is 17.2 Å². The number of rotatable bonds is 21. The van der Waals surface area contributed by atoms with E-state index in [0.29, 0.717) is 50.4 Å². The van der Waals surface area contributed by atoms with Crippen LogP contribution in [0.25, 0.3) is 0 Å². The summed E-state index contributed by atoms with van der Waals surface area (Å²) in [7, 11) is 0. The van der Waals surface area contributed by atoms with Crippen LogP contribution in [0.2, 0.25) is 0 Å². The third-order valence-corrected chi connectivity index (χ3v) is 13.0. The highest BCUT2D eigenvalue weighted by Crippen LogP contribution is 2.34. The molecule has 0 unspecified atom stereocenters. The van der Waals surface area contributed by atoms with E-state index in [1.807, 2.05) is 0 Å². The highest BCUT2D eigenvalue weighted by molar-refractivity contribution is 7.08. The zero-order valence-electron chi connectivity index (χ0n) is 34.2. The summed E-state index contributed by atoms with van der Waals surface area (Å²) in [6.45, 7) is -2.74. The van der Waals surface area contributed by atoms with Gasteiger partial charge in [-0.15, -0.1) is 0 Å². The lowest BCUT2D eigenvalue weighted by atomic mass is 9.84. The number of anilines is 3. The monoisotopic (exact) mass is 922 g/mol. The number of ketones is 3. The quantitative estimate of drug-likeness (QED) is 0.0372. The first kappa shape index (κ1) is 47.4. The van der Waals surface area contributed by atoms with Crippen molar-refractivity contribution in [3.05, 3.63) is 157 Å². The lowest BCUT2D eigenvalue weighted by Gasteiger charge is -2.25. The highest BCUT2D eigenvalue weighted by Gasteiger charge is 2.43. The van der Waals surface area contributed by atoms with Gasteiger partial charge in [0, 0.05) is 42.2 Å². The summed E-state index contributed by atoms with van der Waals surface area (Å²) in [5.74, 6) is -5.14. The number of amides is 3. The fourth-order valence-corrected chi connectivity index (χ4v) is 8.66. The van der Waals surface area contributed by atoms with Crippen LogP contribution in [-0.4, -0.2) is 86.8 Å². The molecule has 0 aliphatic heterocycles. The first-order valence-corrected chi connectivity index (χ1v) is 22.5. The van der Waals surface area contributed by atoms with Gasteiger partial charge in [-0.2, -0.15) is 34.0 Å². The van der Waals surface area contributed by atoms with E-state index in [-0.39, 0.29) is 19.3 Å². The van der Waals surface area contributed by atoms with E-state index in [1.165, 1.54) is 34.0 Å². The van der Waals surface area contributed by atoms with Gasteiger partial charge in [-0.05, 0) is 120 Å². The normalized spacial score (nSPS) is 14.1. The van der Waals surface area contributed by atoms with Crippen LogP contribution in [0, 0.1) is 0 Å². The molecule has 332 valence electrons. The van der Waals surface area contributed by atoms with Crippen LogP contribution in [0.3, 0.4) is 0 Å². The van der Waals surface area contributed by atoms with Crippen molar-refractivity contribution >= 4 is 86.1 Å². The van der Waals surface area contributed by atoms with Gasteiger partial charge in [-0.25, -0.2) is 0 Å². The molecule has 0 radical (unpaired) electrons. The SMILES string of the molecule is N[C@](CO)(C(=O)Cc1ccsc1)C(=O)Nc1ccc(C(c2ccc(NC(=O)[C@@](N)(CO)C(=O)Cc3ccsc3)cc2)c2ccc(NC(=O)[C@@](N)(CO)C(=O)Cc3ccsc3)cc2)cc1. The minimum Gasteiger partial charge on any atom is -0.393 e. The van der Waals surface area contributed by atoms with E-state index in [2.05, 4.69) is 16.0 Å². The third-order valence-electron chi connectivity index (χ3n) is 10.8. The number of carbonyl (C=O) groups is 6. The Morgan fingerprint density at radius 3 is 0.891 bits per heavy atom. The Morgan fingerprint density at radius 1 is 0.438 bits per heavy atom. The van der Waals surface area contributed by atoms with E-state index >= 15 is 0 Å². The zero-order chi connectivity index (χ0) is 46.1. The van der Waals surface area contributed by atoms with Gasteiger partial charge >= 0.3 is 0 Å². The van der Waals surface area contributed by atoms with Gasteiger partial charge in [0.15, 0.2) is 34.0 Å². The predicted octanol–water partition coefficient (Wildman–Crippen LogP) is 3.37. The number of Topliss-reactive ketones (excluding diaryl/α,β-unsaturated/α-hetero) is 3. The van der Waals surface area contributed by atoms with E-state index in [1.54, 1.807) is 123 Å². The van der Waals surface area contributed by atoms with Gasteiger partial charge in [0.2, 0.25) is 0 Å². The molecule has 0 aliphatic carbocycles. The molecule has 0 saturated carbocycles. The summed E-state index contributed by atoms with van der Waals surface area (Å²) in [5.41, 5.74) is 16.9. The number of thiophene rings is 3. The lowest BCUT2D eigenvalue weighted by Crippen LogP contribution is -2.60. The first-order chi connectivity index (χ1) is 30.6. The Balaban J connectivity index is 1.24. The number of hydrogen-bond acceptors (Lipinski definition) is 15. The molecule has 6 rings (SSSR count). The average Bonchev–Trinajstić information content (AvgIpc) is 4.13. The summed E-state index contributed by atoms with van der Waals surface area (Å²) in [5, 5.41) is 48.8. The van der Waals surface area contributed by atoms with Crippen LogP contribution < -0.4 is 33.2 Å². The Hall–Kier alpha value is -6.06. The van der Waals surface area contributed by atoms with Crippen molar-refractivity contribution in [3.63, 3.8) is 0 Å². The van der Waals surface area contributed by atoms with Crippen LogP contribution in [0.5, 0.6) is 0 Å². The van der Waals surface area contributed by atoms with E-state index < -0.39 is 77.4 Å². The molecule has 0 bridgehead atoms. The van der Waals surface area contributed by atoms with Gasteiger partial charge in [0.1, 0.15) is 0 Å². The number of benzene rings is 3. The molecular weight excluding hydrogens is 877 g/mol. The largest absolute Gasteiger partial charge is 0.393 e. The molecule has 3 aromatic heterocycles. The molecule has 3 heterocycles. The minimum atomic E-state index is -2.20. The molecular formula is C46H46N6O9S3. The molecule has 3 amide bonds. The number of carbonyl (C=O) groups excluding carboxylic acids is 6. The van der Waals surface area contributed by atoms with Gasteiger partial charge in [-0.1, -0.05) is 36.4 Å². The average molecular weight is 923 g/mol. The van der Waals surface area contributed by atoms with Gasteiger partial charge in [0.05, 0.1) is 19.8 Å². The lowest BCUT2D eigenvalue weighted by molar-refractivity contribution is -0.136. The van der Waals surface area contributed by atoms with Crippen molar-refractivity contribution in [2.75, 3.05) is 35.8 Å². The fraction of sp³-hybridized carbons (Fsp3) is 0.217. The van der Waals surface area contributed by atoms with Crippen molar-refractivity contribution in [1.29, 1.82) is 0 Å². The van der Waals surface area contributed by atoms with Gasteiger partial charge < -0.3 is 48.5 Å². The molecule has 15 nitrogen and oxygen atoms in total. The van der Waals surface area contributed by atoms with Crippen LogP contribution in [0.1, 0.15) is 39.3 Å². The molecule has 64 heavy (non-hydrogen) atoms. The second kappa shape index (κ2) is 20.6. The smallest absolute Gasteiger partial charge is 0.254 e. The molecule has 18 heteroatoms. The second-order valence-corrected chi connectivity index (χ2v) is 17.6. The zero-order valence-corrected chi connectivity index (χ0v) is 36.6. The standard InChI is InChI=1S/C46H46N6O9S3/c47-44(25-53,37(56)19-28-13-16-62-22-28)41(59)50-34-7-1-31(2-8-34)40(32-3-9-35(10-4-32)51-42(60)45(48,26-54)38(57)20-29-14-17-63-23-29)33-5-11-36(12-6-33)52-43(61)46(49,27-55)39(58)21-30-15-18-64-24-30/h1-18,22-24,40,53-55H,19-21,25-27,47-49H2,(H,50,59)(H,51,60)(H,52,61)/t44-,45-,46-/m1/s1. The van der Waals surface area contributed by atoms with Crippen molar-refractivity contribution < 1.29 is 44.1 Å². The molecule has 12 N–H and O–H groups in total. The van der Waals surface area contributed by atoms with Crippen LogP contribution in [-0.2, 0) is 48.0 Å². The number of nitrogens with two attached hydrogens (primary N) is 3. The van der Waals surface area contributed by atoms with Gasteiger partial charge in [0.25, 0.3) is 17.7 Å². The maximum Gasteiger partial charge on any atom is 0.254 e. The number of aliphatic hydroxyl groups is 3. The molecule has 0 aliphatic rings. The molecule has 3 aromatic carbocycles. The molecule has 0 saturated heterocycles. The third kappa shape index (κ3) is 10.6. The summed E-state index contributed by atoms with van der Waals surface area (Å²) >= 11 is 4.16. The molecule has 0 spiro atoms. The summed E-state index contributed by atoms with van der Waals surface area (Å²) in [4.78, 5) is 79.2. The molecule has 6 aromatic rings. The van der Waals surface area contributed by atoms with Crippen LogP contribution in [0.4, 0.5) is 17.1 Å².